The van der Waals surface area contributed by atoms with Crippen molar-refractivity contribution in [1.29, 1.82) is 0 Å². The summed E-state index contributed by atoms with van der Waals surface area (Å²) in [6.07, 6.45) is 1.93. The summed E-state index contributed by atoms with van der Waals surface area (Å²) in [5.41, 5.74) is 0. The SMILES string of the molecule is COC(C)Cc1noc(C2CCNC2)n1. The summed E-state index contributed by atoms with van der Waals surface area (Å²) < 4.78 is 10.4. The molecule has 84 valence electrons. The molecule has 0 amide bonds. The fraction of sp³-hybridized carbons (Fsp3) is 0.800. The van der Waals surface area contributed by atoms with Gasteiger partial charge in [0.15, 0.2) is 5.82 Å². The number of hydrogen-bond donors (Lipinski definition) is 1. The van der Waals surface area contributed by atoms with E-state index in [0.29, 0.717) is 12.3 Å². The Labute approximate surface area is 89.2 Å². The maximum atomic E-state index is 5.24. The Kier molecular flexibility index (Phi) is 3.33. The minimum absolute atomic E-state index is 0.136. The summed E-state index contributed by atoms with van der Waals surface area (Å²) in [5, 5.41) is 7.23. The lowest BCUT2D eigenvalue weighted by Crippen LogP contribution is -2.10. The lowest BCUT2D eigenvalue weighted by Gasteiger charge is -2.04. The molecule has 1 aromatic heterocycles. The molecule has 2 heterocycles. The second-order valence-electron chi connectivity index (χ2n) is 3.99. The van der Waals surface area contributed by atoms with Crippen LogP contribution in [0.3, 0.4) is 0 Å². The Morgan fingerprint density at radius 2 is 2.53 bits per heavy atom. The summed E-state index contributed by atoms with van der Waals surface area (Å²) in [4.78, 5) is 4.38. The normalized spacial score (nSPS) is 23.2. The van der Waals surface area contributed by atoms with Gasteiger partial charge < -0.3 is 14.6 Å². The van der Waals surface area contributed by atoms with Crippen LogP contribution < -0.4 is 5.32 Å². The molecule has 1 aliphatic heterocycles. The number of aromatic nitrogens is 2. The molecule has 2 rings (SSSR count). The molecule has 0 bridgehead atoms. The van der Waals surface area contributed by atoms with E-state index < -0.39 is 0 Å². The molecule has 0 aromatic carbocycles. The number of hydrogen-bond acceptors (Lipinski definition) is 5. The lowest BCUT2D eigenvalue weighted by molar-refractivity contribution is 0.116. The first-order valence-electron chi connectivity index (χ1n) is 5.35. The number of methoxy groups -OCH3 is 1. The van der Waals surface area contributed by atoms with Crippen LogP contribution in [0, 0.1) is 0 Å². The molecule has 1 aliphatic rings. The number of nitrogens with zero attached hydrogens (tertiary/aromatic N) is 2. The molecule has 1 fully saturated rings. The van der Waals surface area contributed by atoms with Crippen LogP contribution in [0.2, 0.25) is 0 Å². The monoisotopic (exact) mass is 211 g/mol. The van der Waals surface area contributed by atoms with E-state index >= 15 is 0 Å². The van der Waals surface area contributed by atoms with E-state index in [-0.39, 0.29) is 6.10 Å². The van der Waals surface area contributed by atoms with E-state index in [1.807, 2.05) is 6.92 Å². The van der Waals surface area contributed by atoms with Crippen molar-refractivity contribution in [1.82, 2.24) is 15.5 Å². The summed E-state index contributed by atoms with van der Waals surface area (Å²) in [6.45, 7) is 3.98. The summed E-state index contributed by atoms with van der Waals surface area (Å²) in [5.74, 6) is 1.90. The predicted octanol–water partition coefficient (Wildman–Crippen LogP) is 0.724. The summed E-state index contributed by atoms with van der Waals surface area (Å²) in [7, 11) is 1.69. The second-order valence-corrected chi connectivity index (χ2v) is 3.99. The Bertz CT molecular complexity index is 307. The van der Waals surface area contributed by atoms with E-state index in [1.165, 1.54) is 0 Å². The molecule has 5 nitrogen and oxygen atoms in total. The molecule has 1 aromatic rings. The average molecular weight is 211 g/mol. The molecular formula is C10H17N3O2. The van der Waals surface area contributed by atoms with E-state index in [2.05, 4.69) is 15.5 Å². The van der Waals surface area contributed by atoms with Gasteiger partial charge >= 0.3 is 0 Å². The van der Waals surface area contributed by atoms with Gasteiger partial charge in [-0.15, -0.1) is 0 Å². The highest BCUT2D eigenvalue weighted by molar-refractivity contribution is 4.98. The van der Waals surface area contributed by atoms with Crippen LogP contribution in [0.15, 0.2) is 4.52 Å². The molecule has 1 N–H and O–H groups in total. The van der Waals surface area contributed by atoms with Crippen molar-refractivity contribution in [2.75, 3.05) is 20.2 Å². The zero-order valence-corrected chi connectivity index (χ0v) is 9.19. The molecule has 1 saturated heterocycles. The van der Waals surface area contributed by atoms with Crippen molar-refractivity contribution in [3.8, 4) is 0 Å². The number of ether oxygens (including phenoxy) is 1. The molecule has 2 unspecified atom stereocenters. The topological polar surface area (TPSA) is 60.2 Å². The second kappa shape index (κ2) is 4.72. The quantitative estimate of drug-likeness (QED) is 0.795. The van der Waals surface area contributed by atoms with Gasteiger partial charge in [0.05, 0.1) is 12.0 Å². The minimum Gasteiger partial charge on any atom is -0.381 e. The molecule has 0 saturated carbocycles. The highest BCUT2D eigenvalue weighted by Crippen LogP contribution is 2.20. The number of nitrogens with one attached hydrogen (secondary N) is 1. The molecule has 0 spiro atoms. The van der Waals surface area contributed by atoms with Crippen molar-refractivity contribution in [3.63, 3.8) is 0 Å². The molecule has 0 radical (unpaired) electrons. The van der Waals surface area contributed by atoms with Crippen molar-refractivity contribution in [2.45, 2.75) is 31.8 Å². The predicted molar refractivity (Wildman–Crippen MR) is 54.7 cm³/mol. The third-order valence-corrected chi connectivity index (χ3v) is 2.77. The zero-order valence-electron chi connectivity index (χ0n) is 9.19. The van der Waals surface area contributed by atoms with Gasteiger partial charge in [-0.1, -0.05) is 5.16 Å². The van der Waals surface area contributed by atoms with Gasteiger partial charge in [0, 0.05) is 20.1 Å². The average Bonchev–Trinajstić information content (AvgIpc) is 2.85. The standard InChI is InChI=1S/C10H17N3O2/c1-7(14-2)5-9-12-10(15-13-9)8-3-4-11-6-8/h7-8,11H,3-6H2,1-2H3. The van der Waals surface area contributed by atoms with Crippen LogP contribution in [0.5, 0.6) is 0 Å². The summed E-state index contributed by atoms with van der Waals surface area (Å²) in [6, 6.07) is 0. The Hall–Kier alpha value is -0.940. The molecule has 5 heteroatoms. The first-order chi connectivity index (χ1) is 7.29. The maximum Gasteiger partial charge on any atom is 0.231 e. The lowest BCUT2D eigenvalue weighted by atomic mass is 10.1. The zero-order chi connectivity index (χ0) is 10.7. The number of rotatable bonds is 4. The Balaban J connectivity index is 1.97. The molecule has 0 aliphatic carbocycles. The van der Waals surface area contributed by atoms with Gasteiger partial charge in [0.2, 0.25) is 5.89 Å². The Morgan fingerprint density at radius 3 is 3.20 bits per heavy atom. The summed E-state index contributed by atoms with van der Waals surface area (Å²) >= 11 is 0. The van der Waals surface area contributed by atoms with Crippen molar-refractivity contribution in [2.24, 2.45) is 0 Å². The van der Waals surface area contributed by atoms with Crippen molar-refractivity contribution >= 4 is 0 Å². The van der Waals surface area contributed by atoms with Crippen LogP contribution in [0.25, 0.3) is 0 Å². The molecule has 2 atom stereocenters. The third kappa shape index (κ3) is 2.54. The third-order valence-electron chi connectivity index (χ3n) is 2.77. The van der Waals surface area contributed by atoms with Gasteiger partial charge in [-0.2, -0.15) is 4.98 Å². The van der Waals surface area contributed by atoms with Crippen LogP contribution in [-0.2, 0) is 11.2 Å². The fourth-order valence-corrected chi connectivity index (χ4v) is 1.72. The van der Waals surface area contributed by atoms with Crippen LogP contribution in [0.1, 0.15) is 31.0 Å². The first kappa shape index (κ1) is 10.6. The van der Waals surface area contributed by atoms with E-state index in [4.69, 9.17) is 9.26 Å². The van der Waals surface area contributed by atoms with E-state index in [0.717, 1.165) is 31.2 Å². The molecular weight excluding hydrogens is 194 g/mol. The van der Waals surface area contributed by atoms with E-state index in [1.54, 1.807) is 7.11 Å². The van der Waals surface area contributed by atoms with Crippen LogP contribution in [-0.4, -0.2) is 36.4 Å². The Morgan fingerprint density at radius 1 is 1.67 bits per heavy atom. The van der Waals surface area contributed by atoms with Gasteiger partial charge in [-0.05, 0) is 19.9 Å². The smallest absolute Gasteiger partial charge is 0.231 e. The van der Waals surface area contributed by atoms with Gasteiger partial charge in [-0.25, -0.2) is 0 Å². The van der Waals surface area contributed by atoms with Crippen LogP contribution in [0.4, 0.5) is 0 Å². The fourth-order valence-electron chi connectivity index (χ4n) is 1.72. The highest BCUT2D eigenvalue weighted by Gasteiger charge is 2.22. The largest absolute Gasteiger partial charge is 0.381 e. The highest BCUT2D eigenvalue weighted by atomic mass is 16.5. The molecule has 15 heavy (non-hydrogen) atoms. The van der Waals surface area contributed by atoms with Crippen LogP contribution >= 0.6 is 0 Å². The van der Waals surface area contributed by atoms with Gasteiger partial charge in [-0.3, -0.25) is 0 Å². The van der Waals surface area contributed by atoms with Crippen molar-refractivity contribution in [3.05, 3.63) is 11.7 Å². The van der Waals surface area contributed by atoms with Gasteiger partial charge in [0.25, 0.3) is 0 Å². The van der Waals surface area contributed by atoms with Gasteiger partial charge in [0.1, 0.15) is 0 Å². The van der Waals surface area contributed by atoms with Crippen molar-refractivity contribution < 1.29 is 9.26 Å². The first-order valence-corrected chi connectivity index (χ1v) is 5.35. The maximum absolute atomic E-state index is 5.24. The van der Waals surface area contributed by atoms with E-state index in [9.17, 15) is 0 Å². The minimum atomic E-state index is 0.136.